The number of carboxylic acid groups (broad SMARTS) is 1. The van der Waals surface area contributed by atoms with Crippen LogP contribution < -0.4 is 0 Å². The van der Waals surface area contributed by atoms with Crippen LogP contribution in [0.25, 0.3) is 1.43 Å². The van der Waals surface area contributed by atoms with Crippen molar-refractivity contribution in [2.75, 3.05) is 0 Å². The summed E-state index contributed by atoms with van der Waals surface area (Å²) in [7, 11) is 0. The smallest absolute Gasteiger partial charge is 0.309 e. The third kappa shape index (κ3) is 2.81. The summed E-state index contributed by atoms with van der Waals surface area (Å²) < 4.78 is 7.27. The number of carboxylic acids is 1. The van der Waals surface area contributed by atoms with Crippen molar-refractivity contribution in [3.63, 3.8) is 0 Å². The number of aliphatic carboxylic acids is 1. The number of carbonyl (C=O) groups is 2. The van der Waals surface area contributed by atoms with Crippen LogP contribution in [0.15, 0.2) is 11.6 Å². The third-order valence-corrected chi connectivity index (χ3v) is 13.0. The normalized spacial score (nSPS) is 54.4. The van der Waals surface area contributed by atoms with Gasteiger partial charge in [0.1, 0.15) is 0 Å². The van der Waals surface area contributed by atoms with E-state index < -0.39 is 11.4 Å². The summed E-state index contributed by atoms with van der Waals surface area (Å²) in [6, 6.07) is 0. The molecule has 0 heterocycles. The Labute approximate surface area is 207 Å². The number of carbonyl (C=O) groups excluding carboxylic acids is 1. The zero-order valence-electron chi connectivity index (χ0n) is 23.4. The molecule has 0 aromatic heterocycles. The standard InChI is InChI=1S/C30H46O4/c1-25(2)21-8-11-30(7)23(28(21,5)10-9-22(25)32)20(31)16-18-19-17-27(4,24(33)34)13-12-26(19,3)14-15-29(18,30)6/h16,19,21-23,32H,8-15,17H2,1-7H3,(H,33,34)/t19-,21-,22-,23+,26+,27?,28-,29+,30+/m0/s1/i/hD. The molecule has 5 aliphatic carbocycles. The van der Waals surface area contributed by atoms with E-state index in [1.165, 1.54) is 5.57 Å². The summed E-state index contributed by atoms with van der Waals surface area (Å²) in [5.41, 5.74) is 0.154. The number of ketones is 1. The highest BCUT2D eigenvalue weighted by molar-refractivity contribution is 5.95. The quantitative estimate of drug-likeness (QED) is 0.463. The number of rotatable bonds is 1. The van der Waals surface area contributed by atoms with Gasteiger partial charge in [0.2, 0.25) is 0 Å². The van der Waals surface area contributed by atoms with Gasteiger partial charge in [-0.3, -0.25) is 9.59 Å². The number of allylic oxidation sites excluding steroid dienone is 2. The Bertz CT molecular complexity index is 987. The first-order valence-corrected chi connectivity index (χ1v) is 13.7. The second-order valence-corrected chi connectivity index (χ2v) is 14.9. The van der Waals surface area contributed by atoms with Crippen LogP contribution in [-0.4, -0.2) is 28.1 Å². The minimum Gasteiger partial charge on any atom is -0.481 e. The van der Waals surface area contributed by atoms with Gasteiger partial charge in [-0.25, -0.2) is 0 Å². The van der Waals surface area contributed by atoms with E-state index >= 15 is 0 Å². The summed E-state index contributed by atoms with van der Waals surface area (Å²) in [6.07, 6.45) is 9.97. The number of fused-ring (bicyclic) bond motifs is 7. The average Bonchev–Trinajstić information content (AvgIpc) is 2.78. The van der Waals surface area contributed by atoms with Gasteiger partial charge < -0.3 is 10.2 Å². The molecule has 0 amide bonds. The Balaban J connectivity index is 1.61. The summed E-state index contributed by atoms with van der Waals surface area (Å²) in [6.45, 7) is 15.9. The van der Waals surface area contributed by atoms with Gasteiger partial charge in [0.05, 0.1) is 11.5 Å². The maximum Gasteiger partial charge on any atom is 0.309 e. The van der Waals surface area contributed by atoms with Crippen LogP contribution >= 0.6 is 0 Å². The lowest BCUT2D eigenvalue weighted by molar-refractivity contribution is -0.202. The van der Waals surface area contributed by atoms with E-state index in [4.69, 9.17) is 1.43 Å². The molecule has 0 radical (unpaired) electrons. The zero-order valence-corrected chi connectivity index (χ0v) is 22.4. The van der Waals surface area contributed by atoms with Crippen molar-refractivity contribution < 1.29 is 19.8 Å². The zero-order chi connectivity index (χ0) is 25.8. The first kappa shape index (κ1) is 23.3. The first-order chi connectivity index (χ1) is 16.1. The number of aliphatic hydroxyl groups is 1. The predicted octanol–water partition coefficient (Wildman–Crippen LogP) is 6.41. The molecule has 34 heavy (non-hydrogen) atoms. The lowest BCUT2D eigenvalue weighted by Gasteiger charge is -2.70. The summed E-state index contributed by atoms with van der Waals surface area (Å²) >= 11 is 0. The van der Waals surface area contributed by atoms with Crippen LogP contribution in [0.5, 0.6) is 0 Å². The number of hydrogen-bond acceptors (Lipinski definition) is 4. The molecule has 2 N–H and O–H groups in total. The molecule has 0 saturated heterocycles. The molecule has 190 valence electrons. The van der Waals surface area contributed by atoms with Crippen molar-refractivity contribution in [2.24, 2.45) is 50.2 Å². The Kier molecular flexibility index (Phi) is 4.78. The molecule has 4 saturated carbocycles. The van der Waals surface area contributed by atoms with Gasteiger partial charge in [-0.05, 0) is 110 Å². The van der Waals surface area contributed by atoms with Gasteiger partial charge >= 0.3 is 5.97 Å². The van der Waals surface area contributed by atoms with E-state index in [2.05, 4.69) is 46.7 Å². The summed E-state index contributed by atoms with van der Waals surface area (Å²) in [5, 5.41) is 15.4. The van der Waals surface area contributed by atoms with Crippen molar-refractivity contribution in [3.05, 3.63) is 11.6 Å². The molecule has 1 unspecified atom stereocenters. The summed E-state index contributed by atoms with van der Waals surface area (Å²) in [5.74, 6) is 0.300. The Hall–Kier alpha value is -1.16. The van der Waals surface area contributed by atoms with Crippen molar-refractivity contribution in [2.45, 2.75) is 112 Å². The lowest BCUT2D eigenvalue weighted by Crippen LogP contribution is -2.66. The van der Waals surface area contributed by atoms with Gasteiger partial charge in [0.15, 0.2) is 5.78 Å². The highest BCUT2D eigenvalue weighted by Gasteiger charge is 2.70. The van der Waals surface area contributed by atoms with Crippen LogP contribution in [0, 0.1) is 50.2 Å². The fourth-order valence-corrected chi connectivity index (χ4v) is 10.4. The lowest BCUT2D eigenvalue weighted by atomic mass is 9.33. The van der Waals surface area contributed by atoms with Crippen LogP contribution in [-0.2, 0) is 9.59 Å². The minimum atomic E-state index is -0.668. The molecular formula is C30H46O4. The molecule has 0 aromatic carbocycles. The Morgan fingerprint density at radius 2 is 1.65 bits per heavy atom. The largest absolute Gasteiger partial charge is 0.481 e. The fourth-order valence-electron chi connectivity index (χ4n) is 10.4. The van der Waals surface area contributed by atoms with E-state index in [1.54, 1.807) is 0 Å². The Morgan fingerprint density at radius 1 is 0.971 bits per heavy atom. The van der Waals surface area contributed by atoms with Gasteiger partial charge in [-0.2, -0.15) is 0 Å². The molecule has 4 fully saturated rings. The summed E-state index contributed by atoms with van der Waals surface area (Å²) in [4.78, 5) is 26.9. The van der Waals surface area contributed by atoms with Gasteiger partial charge in [-0.15, -0.1) is 0 Å². The molecule has 4 nitrogen and oxygen atoms in total. The van der Waals surface area contributed by atoms with E-state index in [1.807, 2.05) is 13.0 Å². The van der Waals surface area contributed by atoms with Crippen molar-refractivity contribution in [1.29, 1.82) is 1.43 Å². The molecular weight excluding hydrogens is 424 g/mol. The molecule has 0 spiro atoms. The Morgan fingerprint density at radius 3 is 2.32 bits per heavy atom. The third-order valence-electron chi connectivity index (χ3n) is 13.0. The fraction of sp³-hybridized carbons (Fsp3) is 0.867. The van der Waals surface area contributed by atoms with Crippen molar-refractivity contribution in [3.8, 4) is 0 Å². The molecule has 0 aromatic rings. The first-order valence-electron chi connectivity index (χ1n) is 14.1. The van der Waals surface area contributed by atoms with Crippen molar-refractivity contribution in [1.82, 2.24) is 0 Å². The maximum atomic E-state index is 14.3. The molecule has 5 aliphatic rings. The number of aliphatic hydroxyl groups excluding tert-OH is 1. The maximum absolute atomic E-state index is 14.3. The van der Waals surface area contributed by atoms with Crippen LogP contribution in [0.3, 0.4) is 0 Å². The van der Waals surface area contributed by atoms with Crippen LogP contribution in [0.2, 0.25) is 0 Å². The minimum absolute atomic E-state index is 0.0354. The van der Waals surface area contributed by atoms with Crippen LogP contribution in [0.1, 0.15) is 106 Å². The van der Waals surface area contributed by atoms with Gasteiger partial charge in [-0.1, -0.05) is 47.1 Å². The van der Waals surface area contributed by atoms with Crippen molar-refractivity contribution >= 4 is 11.8 Å². The van der Waals surface area contributed by atoms with E-state index in [0.29, 0.717) is 12.3 Å². The SMILES string of the molecule is [2H]OC(=O)C1(C)CC[C@]2(C)CC[C@]3(C)C(=CC(=O)[C@@H]4[C@@]5(C)CC[C@H](O)C(C)(C)[C@@H]5CC[C@]43C)[C@@H]2C1. The average molecular weight is 472 g/mol. The molecule has 0 bridgehead atoms. The topological polar surface area (TPSA) is 74.6 Å². The molecule has 5 rings (SSSR count). The van der Waals surface area contributed by atoms with Gasteiger partial charge in [0.25, 0.3) is 1.43 Å². The molecule has 0 aliphatic heterocycles. The highest BCUT2D eigenvalue weighted by atomic mass is 16.4. The van der Waals surface area contributed by atoms with E-state index in [-0.39, 0.29) is 50.8 Å². The monoisotopic (exact) mass is 471 g/mol. The highest BCUT2D eigenvalue weighted by Crippen LogP contribution is 2.75. The second-order valence-electron chi connectivity index (χ2n) is 14.9. The van der Waals surface area contributed by atoms with Gasteiger partial charge in [0, 0.05) is 5.92 Å². The number of hydrogen-bond donors (Lipinski definition) is 2. The van der Waals surface area contributed by atoms with E-state index in [0.717, 1.165) is 51.4 Å². The predicted molar refractivity (Wildman–Crippen MR) is 133 cm³/mol. The van der Waals surface area contributed by atoms with E-state index in [9.17, 15) is 14.7 Å². The molecule has 9 atom stereocenters. The molecule has 4 heteroatoms. The van der Waals surface area contributed by atoms with Crippen LogP contribution in [0.4, 0.5) is 0 Å². The second kappa shape index (κ2) is 6.99.